The number of aliphatic hydroxyl groups is 1. The van der Waals surface area contributed by atoms with Crippen LogP contribution in [0.5, 0.6) is 0 Å². The predicted molar refractivity (Wildman–Crippen MR) is 59.6 cm³/mol. The maximum absolute atomic E-state index is 11.7. The van der Waals surface area contributed by atoms with Crippen LogP contribution in [-0.2, 0) is 9.59 Å². The van der Waals surface area contributed by atoms with E-state index in [9.17, 15) is 14.7 Å². The minimum atomic E-state index is -2.13. The van der Waals surface area contributed by atoms with Gasteiger partial charge < -0.3 is 15.1 Å². The van der Waals surface area contributed by atoms with Crippen molar-refractivity contribution in [1.82, 2.24) is 4.90 Å². The van der Waals surface area contributed by atoms with Crippen molar-refractivity contribution in [3.05, 3.63) is 0 Å². The van der Waals surface area contributed by atoms with Gasteiger partial charge in [0, 0.05) is 19.4 Å². The highest BCUT2D eigenvalue weighted by Gasteiger charge is 2.45. The Morgan fingerprint density at radius 1 is 1.25 bits per heavy atom. The van der Waals surface area contributed by atoms with Gasteiger partial charge in [-0.15, -0.1) is 0 Å². The molecule has 0 bridgehead atoms. The van der Waals surface area contributed by atoms with E-state index in [1.807, 2.05) is 13.8 Å². The summed E-state index contributed by atoms with van der Waals surface area (Å²) in [6, 6.07) is 0. The SMILES string of the molecule is CC(C)CC(=O)N(C)C(O)(C(=O)O)C(C)C. The van der Waals surface area contributed by atoms with Crippen LogP contribution in [0.25, 0.3) is 0 Å². The molecule has 5 heteroatoms. The van der Waals surface area contributed by atoms with Gasteiger partial charge in [0.05, 0.1) is 0 Å². The number of rotatable bonds is 5. The lowest BCUT2D eigenvalue weighted by Crippen LogP contribution is -2.58. The first kappa shape index (κ1) is 14.9. The van der Waals surface area contributed by atoms with Gasteiger partial charge in [0.2, 0.25) is 11.6 Å². The van der Waals surface area contributed by atoms with Gasteiger partial charge in [-0.25, -0.2) is 4.79 Å². The molecule has 0 aliphatic heterocycles. The first-order chi connectivity index (χ1) is 7.13. The molecule has 0 radical (unpaired) electrons. The van der Waals surface area contributed by atoms with Crippen LogP contribution >= 0.6 is 0 Å². The Morgan fingerprint density at radius 2 is 1.69 bits per heavy atom. The van der Waals surface area contributed by atoms with E-state index in [1.165, 1.54) is 7.05 Å². The summed E-state index contributed by atoms with van der Waals surface area (Å²) < 4.78 is 0. The summed E-state index contributed by atoms with van der Waals surface area (Å²) in [6.45, 7) is 6.85. The molecule has 1 unspecified atom stereocenters. The van der Waals surface area contributed by atoms with Crippen LogP contribution < -0.4 is 0 Å². The van der Waals surface area contributed by atoms with Crippen LogP contribution in [0.15, 0.2) is 0 Å². The van der Waals surface area contributed by atoms with Crippen molar-refractivity contribution >= 4 is 11.9 Å². The molecule has 16 heavy (non-hydrogen) atoms. The molecule has 0 aliphatic rings. The number of carboxylic acid groups (broad SMARTS) is 1. The van der Waals surface area contributed by atoms with Gasteiger partial charge in [0.25, 0.3) is 0 Å². The Morgan fingerprint density at radius 3 is 1.94 bits per heavy atom. The van der Waals surface area contributed by atoms with Crippen LogP contribution in [0.4, 0.5) is 0 Å². The number of likely N-dealkylation sites (N-methyl/N-ethyl adjacent to an activating group) is 1. The highest BCUT2D eigenvalue weighted by Crippen LogP contribution is 2.22. The maximum atomic E-state index is 11.7. The molecule has 1 atom stereocenters. The quantitative estimate of drug-likeness (QED) is 0.690. The van der Waals surface area contributed by atoms with E-state index in [1.54, 1.807) is 13.8 Å². The van der Waals surface area contributed by atoms with Gasteiger partial charge in [0.15, 0.2) is 0 Å². The monoisotopic (exact) mass is 231 g/mol. The lowest BCUT2D eigenvalue weighted by molar-refractivity contribution is -0.195. The van der Waals surface area contributed by atoms with Crippen LogP contribution in [0.3, 0.4) is 0 Å². The number of carbonyl (C=O) groups is 2. The van der Waals surface area contributed by atoms with Gasteiger partial charge in [-0.3, -0.25) is 4.79 Å². The number of hydrogen-bond acceptors (Lipinski definition) is 3. The second kappa shape index (κ2) is 5.30. The standard InChI is InChI=1S/C11H21NO4/c1-7(2)6-9(13)12(5)11(16,8(3)4)10(14)15/h7-8,16H,6H2,1-5H3,(H,14,15). The van der Waals surface area contributed by atoms with Crippen molar-refractivity contribution in [1.29, 1.82) is 0 Å². The third-order valence-electron chi connectivity index (χ3n) is 2.59. The van der Waals surface area contributed by atoms with Crippen molar-refractivity contribution in [2.45, 2.75) is 39.8 Å². The molecule has 0 aromatic heterocycles. The minimum Gasteiger partial charge on any atom is -0.478 e. The van der Waals surface area contributed by atoms with E-state index in [2.05, 4.69) is 0 Å². The van der Waals surface area contributed by atoms with Crippen molar-refractivity contribution in [2.24, 2.45) is 11.8 Å². The first-order valence-electron chi connectivity index (χ1n) is 5.36. The molecule has 5 nitrogen and oxygen atoms in total. The van der Waals surface area contributed by atoms with Gasteiger partial charge in [-0.1, -0.05) is 27.7 Å². The molecule has 0 spiro atoms. The molecular formula is C11H21NO4. The maximum Gasteiger partial charge on any atom is 0.357 e. The smallest absolute Gasteiger partial charge is 0.357 e. The second-order valence-corrected chi connectivity index (χ2v) is 4.74. The molecule has 0 saturated heterocycles. The summed E-state index contributed by atoms with van der Waals surface area (Å²) in [5.41, 5.74) is -2.13. The van der Waals surface area contributed by atoms with Gasteiger partial charge in [0.1, 0.15) is 0 Å². The molecule has 0 aromatic rings. The predicted octanol–water partition coefficient (Wildman–Crippen LogP) is 0.920. The Balaban J connectivity index is 4.96. The van der Waals surface area contributed by atoms with E-state index in [4.69, 9.17) is 5.11 Å². The van der Waals surface area contributed by atoms with Crippen molar-refractivity contribution < 1.29 is 19.8 Å². The fraction of sp³-hybridized carbons (Fsp3) is 0.818. The Labute approximate surface area is 96.1 Å². The van der Waals surface area contributed by atoms with Gasteiger partial charge >= 0.3 is 5.97 Å². The molecule has 1 amide bonds. The highest BCUT2D eigenvalue weighted by atomic mass is 16.4. The molecule has 0 aromatic carbocycles. The molecule has 94 valence electrons. The molecule has 0 saturated carbocycles. The number of amides is 1. The minimum absolute atomic E-state index is 0.125. The fourth-order valence-electron chi connectivity index (χ4n) is 1.45. The zero-order chi connectivity index (χ0) is 13.1. The number of nitrogens with zero attached hydrogens (tertiary/aromatic N) is 1. The van der Waals surface area contributed by atoms with E-state index in [0.717, 1.165) is 4.90 Å². The van der Waals surface area contributed by atoms with E-state index in [0.29, 0.717) is 0 Å². The van der Waals surface area contributed by atoms with E-state index in [-0.39, 0.29) is 18.2 Å². The highest BCUT2D eigenvalue weighted by molar-refractivity contribution is 5.85. The Kier molecular flexibility index (Phi) is 4.93. The summed E-state index contributed by atoms with van der Waals surface area (Å²) in [5.74, 6) is -2.22. The van der Waals surface area contributed by atoms with Crippen molar-refractivity contribution in [3.8, 4) is 0 Å². The molecular weight excluding hydrogens is 210 g/mol. The van der Waals surface area contributed by atoms with Crippen LogP contribution in [0.2, 0.25) is 0 Å². The fourth-order valence-corrected chi connectivity index (χ4v) is 1.45. The summed E-state index contributed by atoms with van der Waals surface area (Å²) in [7, 11) is 1.32. The Bertz CT molecular complexity index is 275. The lowest BCUT2D eigenvalue weighted by Gasteiger charge is -2.36. The molecule has 0 rings (SSSR count). The van der Waals surface area contributed by atoms with Crippen molar-refractivity contribution in [3.63, 3.8) is 0 Å². The number of aliphatic carboxylic acids is 1. The summed E-state index contributed by atoms with van der Waals surface area (Å²) in [5, 5.41) is 19.0. The average molecular weight is 231 g/mol. The third-order valence-corrected chi connectivity index (χ3v) is 2.59. The molecule has 2 N–H and O–H groups in total. The van der Waals surface area contributed by atoms with E-state index >= 15 is 0 Å². The number of carbonyl (C=O) groups excluding carboxylic acids is 1. The van der Waals surface area contributed by atoms with Crippen LogP contribution in [0.1, 0.15) is 34.1 Å². The van der Waals surface area contributed by atoms with Crippen molar-refractivity contribution in [2.75, 3.05) is 7.05 Å². The molecule has 0 aliphatic carbocycles. The lowest BCUT2D eigenvalue weighted by atomic mass is 9.97. The zero-order valence-electron chi connectivity index (χ0n) is 10.5. The summed E-state index contributed by atoms with van der Waals surface area (Å²) in [4.78, 5) is 23.7. The Hall–Kier alpha value is -1.10. The number of carboxylic acids is 1. The van der Waals surface area contributed by atoms with Gasteiger partial charge in [-0.05, 0) is 5.92 Å². The normalized spacial score (nSPS) is 15.0. The summed E-state index contributed by atoms with van der Waals surface area (Å²) in [6.07, 6.45) is 0.221. The first-order valence-corrected chi connectivity index (χ1v) is 5.36. The topological polar surface area (TPSA) is 77.8 Å². The third kappa shape index (κ3) is 2.95. The zero-order valence-corrected chi connectivity index (χ0v) is 10.5. The second-order valence-electron chi connectivity index (χ2n) is 4.74. The van der Waals surface area contributed by atoms with E-state index < -0.39 is 17.6 Å². The number of hydrogen-bond donors (Lipinski definition) is 2. The summed E-state index contributed by atoms with van der Waals surface area (Å²) >= 11 is 0. The molecule has 0 fully saturated rings. The van der Waals surface area contributed by atoms with Crippen LogP contribution in [-0.4, -0.2) is 39.8 Å². The van der Waals surface area contributed by atoms with Crippen LogP contribution in [0, 0.1) is 11.8 Å². The largest absolute Gasteiger partial charge is 0.478 e. The van der Waals surface area contributed by atoms with Gasteiger partial charge in [-0.2, -0.15) is 0 Å². The molecule has 0 heterocycles. The average Bonchev–Trinajstić information content (AvgIpc) is 2.13.